The lowest BCUT2D eigenvalue weighted by atomic mass is 9.96. The van der Waals surface area contributed by atoms with E-state index in [0.717, 1.165) is 17.9 Å². The van der Waals surface area contributed by atoms with Gasteiger partial charge in [-0.25, -0.2) is 0 Å². The molecule has 4 atom stereocenters. The lowest BCUT2D eigenvalue weighted by molar-refractivity contribution is 0.0860. The summed E-state index contributed by atoms with van der Waals surface area (Å²) in [6.45, 7) is 9.45. The van der Waals surface area contributed by atoms with Gasteiger partial charge in [-0.2, -0.15) is 0 Å². The van der Waals surface area contributed by atoms with Gasteiger partial charge in [0.05, 0.1) is 0 Å². The average Bonchev–Trinajstić information content (AvgIpc) is 3.28. The number of hydrogen-bond acceptors (Lipinski definition) is 2. The van der Waals surface area contributed by atoms with E-state index in [1.807, 2.05) is 0 Å². The van der Waals surface area contributed by atoms with E-state index in [1.165, 1.54) is 37.9 Å². The van der Waals surface area contributed by atoms with Crippen LogP contribution in [0, 0.1) is 5.92 Å². The Hall–Kier alpha value is -0.860. The minimum Gasteiger partial charge on any atom is -0.311 e. The number of nitrogens with one attached hydrogen (secondary N) is 1. The van der Waals surface area contributed by atoms with E-state index in [1.54, 1.807) is 0 Å². The largest absolute Gasteiger partial charge is 0.311 e. The van der Waals surface area contributed by atoms with Gasteiger partial charge in [0, 0.05) is 37.1 Å². The van der Waals surface area contributed by atoms with Crippen LogP contribution in [-0.2, 0) is 0 Å². The van der Waals surface area contributed by atoms with E-state index in [4.69, 9.17) is 0 Å². The summed E-state index contributed by atoms with van der Waals surface area (Å²) in [4.78, 5) is 2.83. The molecular formula is C19H30N2. The Morgan fingerprint density at radius 1 is 1.24 bits per heavy atom. The summed E-state index contributed by atoms with van der Waals surface area (Å²) in [5.41, 5.74) is 1.54. The molecule has 3 rings (SSSR count). The van der Waals surface area contributed by atoms with Gasteiger partial charge >= 0.3 is 0 Å². The molecule has 21 heavy (non-hydrogen) atoms. The van der Waals surface area contributed by atoms with Gasteiger partial charge in [-0.05, 0) is 24.3 Å². The maximum absolute atomic E-state index is 3.78. The van der Waals surface area contributed by atoms with Crippen molar-refractivity contribution in [2.75, 3.05) is 13.1 Å². The molecule has 0 aromatic heterocycles. The van der Waals surface area contributed by atoms with Crippen LogP contribution in [0.15, 0.2) is 30.3 Å². The fourth-order valence-corrected chi connectivity index (χ4v) is 4.01. The first-order valence-electron chi connectivity index (χ1n) is 8.74. The number of rotatable bonds is 5. The molecule has 2 aliphatic rings. The molecule has 1 aromatic carbocycles. The maximum Gasteiger partial charge on any atom is 0.0247 e. The quantitative estimate of drug-likeness (QED) is 0.889. The third kappa shape index (κ3) is 3.32. The number of benzene rings is 1. The summed E-state index contributed by atoms with van der Waals surface area (Å²) in [5.74, 6) is 1.50. The zero-order valence-corrected chi connectivity index (χ0v) is 13.8. The van der Waals surface area contributed by atoms with Gasteiger partial charge < -0.3 is 5.32 Å². The Bertz CT molecular complexity index is 442. The summed E-state index contributed by atoms with van der Waals surface area (Å²) in [6, 6.07) is 13.3. The molecule has 2 heteroatoms. The highest BCUT2D eigenvalue weighted by Gasteiger charge is 2.47. The van der Waals surface area contributed by atoms with Gasteiger partial charge in [0.2, 0.25) is 0 Å². The fourth-order valence-electron chi connectivity index (χ4n) is 4.01. The molecule has 1 aliphatic heterocycles. The van der Waals surface area contributed by atoms with E-state index in [-0.39, 0.29) is 0 Å². The zero-order chi connectivity index (χ0) is 14.8. The van der Waals surface area contributed by atoms with Crippen LogP contribution in [0.4, 0.5) is 0 Å². The Morgan fingerprint density at radius 2 is 2.00 bits per heavy atom. The highest BCUT2D eigenvalue weighted by Crippen LogP contribution is 2.46. The molecule has 116 valence electrons. The molecular weight excluding hydrogens is 256 g/mol. The van der Waals surface area contributed by atoms with Crippen LogP contribution < -0.4 is 5.32 Å². The molecule has 0 amide bonds. The van der Waals surface area contributed by atoms with Crippen molar-refractivity contribution in [2.45, 2.75) is 64.1 Å². The molecule has 0 bridgehead atoms. The van der Waals surface area contributed by atoms with Crippen LogP contribution in [0.1, 0.15) is 51.5 Å². The summed E-state index contributed by atoms with van der Waals surface area (Å²) in [6.07, 6.45) is 3.95. The first-order valence-corrected chi connectivity index (χ1v) is 8.74. The Balaban J connectivity index is 1.69. The Kier molecular flexibility index (Phi) is 4.66. The van der Waals surface area contributed by atoms with E-state index in [9.17, 15) is 0 Å². The fraction of sp³-hybridized carbons (Fsp3) is 0.684. The lowest BCUT2D eigenvalue weighted by Gasteiger charge is -2.43. The normalized spacial score (nSPS) is 33.3. The van der Waals surface area contributed by atoms with Gasteiger partial charge in [0.1, 0.15) is 0 Å². The molecule has 1 saturated carbocycles. The molecule has 1 heterocycles. The topological polar surface area (TPSA) is 15.3 Å². The first kappa shape index (κ1) is 15.1. The van der Waals surface area contributed by atoms with Crippen molar-refractivity contribution in [3.8, 4) is 0 Å². The predicted molar refractivity (Wildman–Crippen MR) is 89.6 cm³/mol. The number of piperazine rings is 1. The van der Waals surface area contributed by atoms with Crippen molar-refractivity contribution in [2.24, 2.45) is 5.92 Å². The summed E-state index contributed by atoms with van der Waals surface area (Å²) >= 11 is 0. The van der Waals surface area contributed by atoms with Crippen molar-refractivity contribution in [3.05, 3.63) is 35.9 Å². The minimum absolute atomic E-state index is 0.696. The molecule has 1 aromatic rings. The highest BCUT2D eigenvalue weighted by atomic mass is 15.3. The molecule has 0 radical (unpaired) electrons. The Labute approximate surface area is 129 Å². The molecule has 1 aliphatic carbocycles. The third-order valence-corrected chi connectivity index (χ3v) is 5.29. The van der Waals surface area contributed by atoms with Crippen molar-refractivity contribution >= 4 is 0 Å². The number of nitrogens with zero attached hydrogens (tertiary/aromatic N) is 1. The Morgan fingerprint density at radius 3 is 2.67 bits per heavy atom. The van der Waals surface area contributed by atoms with Crippen LogP contribution in [0.25, 0.3) is 0 Å². The van der Waals surface area contributed by atoms with Crippen molar-refractivity contribution < 1.29 is 0 Å². The monoisotopic (exact) mass is 286 g/mol. The van der Waals surface area contributed by atoms with Gasteiger partial charge in [0.15, 0.2) is 0 Å². The maximum atomic E-state index is 3.78. The van der Waals surface area contributed by atoms with Crippen molar-refractivity contribution in [3.63, 3.8) is 0 Å². The van der Waals surface area contributed by atoms with E-state index >= 15 is 0 Å². The smallest absolute Gasteiger partial charge is 0.0247 e. The molecule has 1 N–H and O–H groups in total. The molecule has 4 unspecified atom stereocenters. The standard InChI is InChI=1S/C19H30N2/c1-4-8-16-13-21(19(12-20-16)14(2)3)18-11-17(18)15-9-6-5-7-10-15/h5-7,9-10,14,16-20H,4,8,11-13H2,1-3H3. The lowest BCUT2D eigenvalue weighted by Crippen LogP contribution is -2.59. The second kappa shape index (κ2) is 6.50. The number of hydrogen-bond donors (Lipinski definition) is 1. The average molecular weight is 286 g/mol. The van der Waals surface area contributed by atoms with Crippen molar-refractivity contribution in [1.29, 1.82) is 0 Å². The molecule has 0 spiro atoms. The van der Waals surface area contributed by atoms with E-state index in [2.05, 4.69) is 61.3 Å². The van der Waals surface area contributed by atoms with E-state index in [0.29, 0.717) is 12.1 Å². The first-order chi connectivity index (χ1) is 10.2. The summed E-state index contributed by atoms with van der Waals surface area (Å²) < 4.78 is 0. The molecule has 2 fully saturated rings. The van der Waals surface area contributed by atoms with Gasteiger partial charge in [-0.3, -0.25) is 4.90 Å². The van der Waals surface area contributed by atoms with Crippen molar-refractivity contribution in [1.82, 2.24) is 10.2 Å². The molecule has 1 saturated heterocycles. The predicted octanol–water partition coefficient (Wildman–Crippen LogP) is 3.64. The summed E-state index contributed by atoms with van der Waals surface area (Å²) in [5, 5.41) is 3.78. The van der Waals surface area contributed by atoms with Crippen LogP contribution in [0.2, 0.25) is 0 Å². The third-order valence-electron chi connectivity index (χ3n) is 5.29. The SMILES string of the molecule is CCCC1CN(C2CC2c2ccccc2)C(C(C)C)CN1. The summed E-state index contributed by atoms with van der Waals surface area (Å²) in [7, 11) is 0. The minimum atomic E-state index is 0.696. The molecule has 2 nitrogen and oxygen atoms in total. The van der Waals surface area contributed by atoms with Gasteiger partial charge in [-0.1, -0.05) is 57.5 Å². The zero-order valence-electron chi connectivity index (χ0n) is 13.8. The second-order valence-electron chi connectivity index (χ2n) is 7.22. The van der Waals surface area contributed by atoms with Crippen LogP contribution in [0.3, 0.4) is 0 Å². The van der Waals surface area contributed by atoms with Crippen LogP contribution in [-0.4, -0.2) is 36.1 Å². The second-order valence-corrected chi connectivity index (χ2v) is 7.22. The van der Waals surface area contributed by atoms with Crippen LogP contribution in [0.5, 0.6) is 0 Å². The van der Waals surface area contributed by atoms with E-state index < -0.39 is 0 Å². The van der Waals surface area contributed by atoms with Gasteiger partial charge in [-0.15, -0.1) is 0 Å². The van der Waals surface area contributed by atoms with Crippen LogP contribution >= 0.6 is 0 Å². The van der Waals surface area contributed by atoms with Gasteiger partial charge in [0.25, 0.3) is 0 Å². The highest BCUT2D eigenvalue weighted by molar-refractivity contribution is 5.28.